The molecule has 1 aromatic rings. The Balaban J connectivity index is 1.55. The number of halogens is 2. The third kappa shape index (κ3) is 3.46. The van der Waals surface area contributed by atoms with Crippen LogP contribution in [0.5, 0.6) is 0 Å². The number of hydrogen-bond donors (Lipinski definition) is 1. The minimum atomic E-state index is 0.127. The van der Waals surface area contributed by atoms with Crippen LogP contribution in [-0.2, 0) is 11.3 Å². The lowest BCUT2D eigenvalue weighted by Gasteiger charge is -2.17. The first kappa shape index (κ1) is 14.2. The fourth-order valence-corrected chi connectivity index (χ4v) is 3.10. The van der Waals surface area contributed by atoms with Crippen molar-refractivity contribution in [3.05, 3.63) is 33.8 Å². The Kier molecular flexibility index (Phi) is 4.20. The van der Waals surface area contributed by atoms with Crippen LogP contribution in [0.15, 0.2) is 18.2 Å². The Morgan fingerprint density at radius 3 is 2.80 bits per heavy atom. The number of hydrogen-bond acceptors (Lipinski definition) is 2. The Labute approximate surface area is 129 Å². The first-order chi connectivity index (χ1) is 9.61. The van der Waals surface area contributed by atoms with Gasteiger partial charge in [-0.3, -0.25) is 9.69 Å². The lowest BCUT2D eigenvalue weighted by molar-refractivity contribution is -0.124. The summed E-state index contributed by atoms with van der Waals surface area (Å²) >= 11 is 12.1. The second-order valence-corrected chi connectivity index (χ2v) is 6.58. The molecular formula is C15H18Cl2N2O. The average molecular weight is 313 g/mol. The fraction of sp³-hybridized carbons (Fsp3) is 0.533. The van der Waals surface area contributed by atoms with E-state index in [-0.39, 0.29) is 11.8 Å². The van der Waals surface area contributed by atoms with Gasteiger partial charge in [0.25, 0.3) is 0 Å². The van der Waals surface area contributed by atoms with Gasteiger partial charge in [0.05, 0.1) is 5.92 Å². The molecule has 1 saturated carbocycles. The van der Waals surface area contributed by atoms with Crippen molar-refractivity contribution in [1.29, 1.82) is 0 Å². The molecule has 0 bridgehead atoms. The molecule has 108 valence electrons. The molecule has 1 saturated heterocycles. The minimum absolute atomic E-state index is 0.127. The van der Waals surface area contributed by atoms with Gasteiger partial charge in [0.1, 0.15) is 0 Å². The molecule has 5 heteroatoms. The van der Waals surface area contributed by atoms with Gasteiger partial charge < -0.3 is 5.32 Å². The highest BCUT2D eigenvalue weighted by Gasteiger charge is 2.32. The SMILES string of the molecule is O=C(NC1CC1)C1CCN(Cc2ccc(Cl)cc2Cl)C1. The van der Waals surface area contributed by atoms with E-state index in [0.29, 0.717) is 16.1 Å². The highest BCUT2D eigenvalue weighted by Crippen LogP contribution is 2.26. The topological polar surface area (TPSA) is 32.3 Å². The van der Waals surface area contributed by atoms with Crippen LogP contribution in [0.25, 0.3) is 0 Å². The number of nitrogens with one attached hydrogen (secondary N) is 1. The maximum absolute atomic E-state index is 12.0. The molecule has 0 spiro atoms. The predicted molar refractivity (Wildman–Crippen MR) is 81.0 cm³/mol. The Bertz CT molecular complexity index is 517. The van der Waals surface area contributed by atoms with Gasteiger partial charge in [0, 0.05) is 29.2 Å². The Morgan fingerprint density at radius 2 is 2.10 bits per heavy atom. The number of nitrogens with zero attached hydrogens (tertiary/aromatic N) is 1. The van der Waals surface area contributed by atoms with E-state index in [9.17, 15) is 4.79 Å². The molecule has 1 amide bonds. The van der Waals surface area contributed by atoms with Crippen molar-refractivity contribution in [3.63, 3.8) is 0 Å². The summed E-state index contributed by atoms with van der Waals surface area (Å²) in [5.41, 5.74) is 1.07. The van der Waals surface area contributed by atoms with Crippen molar-refractivity contribution in [3.8, 4) is 0 Å². The van der Waals surface area contributed by atoms with Gasteiger partial charge in [-0.05, 0) is 43.5 Å². The highest BCUT2D eigenvalue weighted by molar-refractivity contribution is 6.35. The first-order valence-corrected chi connectivity index (χ1v) is 7.84. The number of carbonyl (C=O) groups is 1. The van der Waals surface area contributed by atoms with Crippen LogP contribution in [0, 0.1) is 5.92 Å². The molecule has 2 fully saturated rings. The lowest BCUT2D eigenvalue weighted by atomic mass is 10.1. The van der Waals surface area contributed by atoms with Crippen molar-refractivity contribution in [2.45, 2.75) is 31.8 Å². The number of amides is 1. The summed E-state index contributed by atoms with van der Waals surface area (Å²) in [5, 5.41) is 4.44. The van der Waals surface area contributed by atoms with E-state index in [1.807, 2.05) is 12.1 Å². The summed E-state index contributed by atoms with van der Waals surface area (Å²) in [6.07, 6.45) is 3.22. The molecule has 0 radical (unpaired) electrons. The average Bonchev–Trinajstić information content (AvgIpc) is 3.09. The monoisotopic (exact) mass is 312 g/mol. The smallest absolute Gasteiger partial charge is 0.224 e. The molecule has 1 unspecified atom stereocenters. The van der Waals surface area contributed by atoms with E-state index < -0.39 is 0 Å². The lowest BCUT2D eigenvalue weighted by Crippen LogP contribution is -2.34. The van der Waals surface area contributed by atoms with Gasteiger partial charge in [0.2, 0.25) is 5.91 Å². The third-order valence-electron chi connectivity index (χ3n) is 3.98. The second kappa shape index (κ2) is 5.92. The van der Waals surface area contributed by atoms with Gasteiger partial charge in [-0.2, -0.15) is 0 Å². The van der Waals surface area contributed by atoms with Crippen molar-refractivity contribution in [2.24, 2.45) is 5.92 Å². The molecule has 0 aromatic heterocycles. The molecule has 1 atom stereocenters. The summed E-state index contributed by atoms with van der Waals surface area (Å²) < 4.78 is 0. The third-order valence-corrected chi connectivity index (χ3v) is 4.56. The molecule has 1 aliphatic heterocycles. The standard InChI is InChI=1S/C15H18Cl2N2O/c16-12-2-1-10(14(17)7-12)8-19-6-5-11(9-19)15(20)18-13-3-4-13/h1-2,7,11,13H,3-6,8-9H2,(H,18,20). The number of likely N-dealkylation sites (tertiary alicyclic amines) is 1. The van der Waals surface area contributed by atoms with Crippen molar-refractivity contribution in [1.82, 2.24) is 10.2 Å². The van der Waals surface area contributed by atoms with Crippen molar-refractivity contribution in [2.75, 3.05) is 13.1 Å². The molecule has 1 N–H and O–H groups in total. The number of carbonyl (C=O) groups excluding carboxylic acids is 1. The van der Waals surface area contributed by atoms with Crippen LogP contribution < -0.4 is 5.32 Å². The quantitative estimate of drug-likeness (QED) is 0.926. The summed E-state index contributed by atoms with van der Waals surface area (Å²) in [6.45, 7) is 2.54. The maximum Gasteiger partial charge on any atom is 0.224 e. The van der Waals surface area contributed by atoms with E-state index in [0.717, 1.165) is 44.5 Å². The molecule has 20 heavy (non-hydrogen) atoms. The second-order valence-electron chi connectivity index (χ2n) is 5.74. The molecule has 1 heterocycles. The largest absolute Gasteiger partial charge is 0.353 e. The molecule has 1 aromatic carbocycles. The van der Waals surface area contributed by atoms with Crippen LogP contribution in [0.3, 0.4) is 0 Å². The van der Waals surface area contributed by atoms with Crippen LogP contribution >= 0.6 is 23.2 Å². The summed E-state index contributed by atoms with van der Waals surface area (Å²) in [4.78, 5) is 14.3. The Morgan fingerprint density at radius 1 is 1.30 bits per heavy atom. The maximum atomic E-state index is 12.0. The van der Waals surface area contributed by atoms with Gasteiger partial charge in [0.15, 0.2) is 0 Å². The van der Waals surface area contributed by atoms with Crippen LogP contribution in [0.1, 0.15) is 24.8 Å². The molecule has 3 nitrogen and oxygen atoms in total. The van der Waals surface area contributed by atoms with E-state index in [2.05, 4.69) is 10.2 Å². The summed E-state index contributed by atoms with van der Waals surface area (Å²) in [5.74, 6) is 0.346. The fourth-order valence-electron chi connectivity index (χ4n) is 2.63. The zero-order chi connectivity index (χ0) is 14.1. The molecule has 1 aliphatic carbocycles. The first-order valence-electron chi connectivity index (χ1n) is 7.08. The zero-order valence-electron chi connectivity index (χ0n) is 11.2. The van der Waals surface area contributed by atoms with E-state index in [1.165, 1.54) is 0 Å². The normalized spacial score (nSPS) is 23.0. The van der Waals surface area contributed by atoms with Crippen molar-refractivity contribution >= 4 is 29.1 Å². The van der Waals surface area contributed by atoms with Gasteiger partial charge in [-0.1, -0.05) is 29.3 Å². The van der Waals surface area contributed by atoms with Crippen LogP contribution in [0.4, 0.5) is 0 Å². The van der Waals surface area contributed by atoms with Crippen LogP contribution in [0.2, 0.25) is 10.0 Å². The Hall–Kier alpha value is -0.770. The predicted octanol–water partition coefficient (Wildman–Crippen LogP) is 3.09. The minimum Gasteiger partial charge on any atom is -0.353 e. The van der Waals surface area contributed by atoms with Crippen molar-refractivity contribution < 1.29 is 4.79 Å². The zero-order valence-corrected chi connectivity index (χ0v) is 12.8. The molecule has 2 aliphatic rings. The number of benzene rings is 1. The molecular weight excluding hydrogens is 295 g/mol. The summed E-state index contributed by atoms with van der Waals surface area (Å²) in [6, 6.07) is 6.03. The van der Waals surface area contributed by atoms with Gasteiger partial charge >= 0.3 is 0 Å². The van der Waals surface area contributed by atoms with Gasteiger partial charge in [-0.15, -0.1) is 0 Å². The van der Waals surface area contributed by atoms with Crippen LogP contribution in [-0.4, -0.2) is 29.9 Å². The van der Waals surface area contributed by atoms with Gasteiger partial charge in [-0.25, -0.2) is 0 Å². The molecule has 3 rings (SSSR count). The highest BCUT2D eigenvalue weighted by atomic mass is 35.5. The van der Waals surface area contributed by atoms with E-state index in [4.69, 9.17) is 23.2 Å². The van der Waals surface area contributed by atoms with E-state index in [1.54, 1.807) is 6.07 Å². The summed E-state index contributed by atoms with van der Waals surface area (Å²) in [7, 11) is 0. The van der Waals surface area contributed by atoms with E-state index >= 15 is 0 Å². The number of rotatable bonds is 4.